The Labute approximate surface area is 103 Å². The number of primary amides is 1. The highest BCUT2D eigenvalue weighted by Gasteiger charge is 2.18. The molecule has 0 aliphatic heterocycles. The van der Waals surface area contributed by atoms with Crippen molar-refractivity contribution in [3.63, 3.8) is 0 Å². The smallest absolute Gasteiger partial charge is 0.412 e. The lowest BCUT2D eigenvalue weighted by Gasteiger charge is -2.13. The Hall–Kier alpha value is -2.44. The van der Waals surface area contributed by atoms with Gasteiger partial charge in [-0.1, -0.05) is 0 Å². The SMILES string of the molecule is COc1cc(C(=O)OC(N)=O)cc(OC)c1OC. The van der Waals surface area contributed by atoms with E-state index in [0.717, 1.165) is 0 Å². The van der Waals surface area contributed by atoms with E-state index in [1.807, 2.05) is 0 Å². The van der Waals surface area contributed by atoms with Crippen LogP contribution in [0.2, 0.25) is 0 Å². The Balaban J connectivity index is 3.22. The fourth-order valence-corrected chi connectivity index (χ4v) is 1.35. The van der Waals surface area contributed by atoms with Crippen LogP contribution in [0, 0.1) is 0 Å². The van der Waals surface area contributed by atoms with Gasteiger partial charge < -0.3 is 24.7 Å². The lowest BCUT2D eigenvalue weighted by Crippen LogP contribution is -2.18. The number of ether oxygens (including phenoxy) is 4. The molecule has 0 fully saturated rings. The summed E-state index contributed by atoms with van der Waals surface area (Å²) >= 11 is 0. The molecule has 1 rings (SSSR count). The van der Waals surface area contributed by atoms with E-state index >= 15 is 0 Å². The zero-order chi connectivity index (χ0) is 13.7. The van der Waals surface area contributed by atoms with Crippen molar-refractivity contribution in [1.29, 1.82) is 0 Å². The van der Waals surface area contributed by atoms with Gasteiger partial charge in [-0.05, 0) is 12.1 Å². The summed E-state index contributed by atoms with van der Waals surface area (Å²) in [7, 11) is 4.24. The van der Waals surface area contributed by atoms with Crippen molar-refractivity contribution in [2.45, 2.75) is 0 Å². The van der Waals surface area contributed by atoms with Crippen LogP contribution in [0.3, 0.4) is 0 Å². The summed E-state index contributed by atoms with van der Waals surface area (Å²) in [5.41, 5.74) is 4.82. The van der Waals surface area contributed by atoms with Crippen LogP contribution in [0.5, 0.6) is 17.2 Å². The third-order valence-electron chi connectivity index (χ3n) is 2.09. The minimum Gasteiger partial charge on any atom is -0.493 e. The van der Waals surface area contributed by atoms with Crippen molar-refractivity contribution in [2.24, 2.45) is 5.73 Å². The molecule has 7 heteroatoms. The standard InChI is InChI=1S/C11H13NO6/c1-15-7-4-6(10(13)18-11(12)14)5-8(16-2)9(7)17-3/h4-5H,1-3H3,(H2,12,14). The number of carbonyl (C=O) groups is 2. The molecule has 0 spiro atoms. The van der Waals surface area contributed by atoms with Gasteiger partial charge in [-0.2, -0.15) is 0 Å². The normalized spacial score (nSPS) is 9.50. The van der Waals surface area contributed by atoms with E-state index in [1.54, 1.807) is 0 Å². The summed E-state index contributed by atoms with van der Waals surface area (Å²) < 4.78 is 19.4. The number of carbonyl (C=O) groups excluding carboxylic acids is 2. The Bertz CT molecular complexity index is 446. The van der Waals surface area contributed by atoms with Gasteiger partial charge in [-0.25, -0.2) is 9.59 Å². The van der Waals surface area contributed by atoms with E-state index in [4.69, 9.17) is 19.9 Å². The number of methoxy groups -OCH3 is 3. The average molecular weight is 255 g/mol. The van der Waals surface area contributed by atoms with Gasteiger partial charge in [-0.3, -0.25) is 0 Å². The molecule has 0 heterocycles. The first-order valence-corrected chi connectivity index (χ1v) is 4.85. The second-order valence-electron chi connectivity index (χ2n) is 3.12. The molecule has 0 saturated heterocycles. The second-order valence-corrected chi connectivity index (χ2v) is 3.12. The summed E-state index contributed by atoms with van der Waals surface area (Å²) in [5.74, 6) is -0.0288. The Morgan fingerprint density at radius 3 is 1.83 bits per heavy atom. The molecular formula is C11H13NO6. The van der Waals surface area contributed by atoms with Crippen molar-refractivity contribution < 1.29 is 28.5 Å². The molecule has 2 N–H and O–H groups in total. The second kappa shape index (κ2) is 5.76. The number of benzene rings is 1. The van der Waals surface area contributed by atoms with Crippen molar-refractivity contribution in [2.75, 3.05) is 21.3 Å². The molecule has 1 aromatic rings. The summed E-state index contributed by atoms with van der Waals surface area (Å²) in [6.07, 6.45) is -1.19. The van der Waals surface area contributed by atoms with Crippen molar-refractivity contribution in [3.05, 3.63) is 17.7 Å². The van der Waals surface area contributed by atoms with Crippen LogP contribution in [0.15, 0.2) is 12.1 Å². The Morgan fingerprint density at radius 2 is 1.50 bits per heavy atom. The highest BCUT2D eigenvalue weighted by molar-refractivity contribution is 5.97. The fraction of sp³-hybridized carbons (Fsp3) is 0.273. The molecule has 98 valence electrons. The van der Waals surface area contributed by atoms with E-state index in [-0.39, 0.29) is 17.1 Å². The minimum atomic E-state index is -1.19. The molecular weight excluding hydrogens is 242 g/mol. The zero-order valence-electron chi connectivity index (χ0n) is 10.2. The summed E-state index contributed by atoms with van der Waals surface area (Å²) in [5, 5.41) is 0. The van der Waals surface area contributed by atoms with Gasteiger partial charge in [0, 0.05) is 0 Å². The first-order chi connectivity index (χ1) is 8.53. The van der Waals surface area contributed by atoms with Crippen LogP contribution < -0.4 is 19.9 Å². The van der Waals surface area contributed by atoms with E-state index in [9.17, 15) is 9.59 Å². The molecule has 0 aliphatic carbocycles. The number of hydrogen-bond donors (Lipinski definition) is 1. The monoisotopic (exact) mass is 255 g/mol. The first-order valence-electron chi connectivity index (χ1n) is 4.85. The lowest BCUT2D eigenvalue weighted by molar-refractivity contribution is 0.0637. The fourth-order valence-electron chi connectivity index (χ4n) is 1.35. The predicted octanol–water partition coefficient (Wildman–Crippen LogP) is 0.948. The lowest BCUT2D eigenvalue weighted by atomic mass is 10.2. The van der Waals surface area contributed by atoms with Crippen LogP contribution in [-0.4, -0.2) is 33.4 Å². The van der Waals surface area contributed by atoms with Gasteiger partial charge in [0.05, 0.1) is 26.9 Å². The third-order valence-corrected chi connectivity index (χ3v) is 2.09. The van der Waals surface area contributed by atoms with Gasteiger partial charge in [0.1, 0.15) is 0 Å². The Morgan fingerprint density at radius 1 is 1.00 bits per heavy atom. The molecule has 0 atom stereocenters. The van der Waals surface area contributed by atoms with Crippen LogP contribution in [0.1, 0.15) is 10.4 Å². The van der Waals surface area contributed by atoms with Gasteiger partial charge in [0.2, 0.25) is 5.75 Å². The maximum absolute atomic E-state index is 11.5. The van der Waals surface area contributed by atoms with Gasteiger partial charge in [0.15, 0.2) is 11.5 Å². The molecule has 18 heavy (non-hydrogen) atoms. The highest BCUT2D eigenvalue weighted by atomic mass is 16.6. The summed E-state index contributed by atoms with van der Waals surface area (Å²) in [6, 6.07) is 2.71. The molecule has 1 amide bonds. The average Bonchev–Trinajstić information content (AvgIpc) is 2.35. The van der Waals surface area contributed by atoms with E-state index in [0.29, 0.717) is 5.75 Å². The molecule has 0 unspecified atom stereocenters. The molecule has 1 aromatic carbocycles. The van der Waals surface area contributed by atoms with E-state index in [1.165, 1.54) is 33.5 Å². The van der Waals surface area contributed by atoms with E-state index in [2.05, 4.69) is 4.74 Å². The number of nitrogens with two attached hydrogens (primary N) is 1. The largest absolute Gasteiger partial charge is 0.493 e. The Kier molecular flexibility index (Phi) is 4.36. The topological polar surface area (TPSA) is 97.1 Å². The van der Waals surface area contributed by atoms with Crippen LogP contribution in [0.25, 0.3) is 0 Å². The highest BCUT2D eigenvalue weighted by Crippen LogP contribution is 2.38. The molecule has 0 aromatic heterocycles. The van der Waals surface area contributed by atoms with Gasteiger partial charge >= 0.3 is 12.1 Å². The quantitative estimate of drug-likeness (QED) is 0.635. The number of hydrogen-bond acceptors (Lipinski definition) is 6. The van der Waals surface area contributed by atoms with Crippen molar-refractivity contribution in [1.82, 2.24) is 0 Å². The maximum Gasteiger partial charge on any atom is 0.412 e. The zero-order valence-corrected chi connectivity index (χ0v) is 10.2. The van der Waals surface area contributed by atoms with Crippen molar-refractivity contribution >= 4 is 12.1 Å². The maximum atomic E-state index is 11.5. The number of rotatable bonds is 4. The summed E-state index contributed by atoms with van der Waals surface area (Å²) in [4.78, 5) is 22.0. The van der Waals surface area contributed by atoms with Gasteiger partial charge in [-0.15, -0.1) is 0 Å². The van der Waals surface area contributed by atoms with Gasteiger partial charge in [0.25, 0.3) is 0 Å². The predicted molar refractivity (Wildman–Crippen MR) is 61.1 cm³/mol. The number of amides is 1. The molecule has 0 radical (unpaired) electrons. The molecule has 0 bridgehead atoms. The van der Waals surface area contributed by atoms with Crippen molar-refractivity contribution in [3.8, 4) is 17.2 Å². The number of esters is 1. The first kappa shape index (κ1) is 13.6. The minimum absolute atomic E-state index is 0.0586. The third kappa shape index (κ3) is 2.82. The van der Waals surface area contributed by atoms with Crippen LogP contribution >= 0.6 is 0 Å². The summed E-state index contributed by atoms with van der Waals surface area (Å²) in [6.45, 7) is 0. The molecule has 0 aliphatic rings. The van der Waals surface area contributed by atoms with Crippen LogP contribution in [0.4, 0.5) is 4.79 Å². The molecule has 0 saturated carbocycles. The molecule has 7 nitrogen and oxygen atoms in total. The van der Waals surface area contributed by atoms with Crippen LogP contribution in [-0.2, 0) is 4.74 Å². The van der Waals surface area contributed by atoms with E-state index < -0.39 is 12.1 Å².